The Labute approximate surface area is 139 Å². The van der Waals surface area contributed by atoms with Crippen molar-refractivity contribution in [1.29, 1.82) is 0 Å². The van der Waals surface area contributed by atoms with Crippen LogP contribution in [-0.2, 0) is 9.53 Å². The SMILES string of the molecule is COC1=C/C(=C/c2c(N)n3c(SC)nsc3nc2=O)C=CC1=O. The molecule has 2 aromatic heterocycles. The number of ketones is 1. The average Bonchev–Trinajstić information content (AvgIpc) is 2.95. The molecule has 2 N–H and O–H groups in total. The third kappa shape index (κ3) is 2.68. The minimum absolute atomic E-state index is 0.202. The van der Waals surface area contributed by atoms with Crippen molar-refractivity contribution in [3.8, 4) is 0 Å². The van der Waals surface area contributed by atoms with Crippen LogP contribution in [0.5, 0.6) is 0 Å². The highest BCUT2D eigenvalue weighted by Gasteiger charge is 2.16. The van der Waals surface area contributed by atoms with Gasteiger partial charge in [0.1, 0.15) is 5.82 Å². The van der Waals surface area contributed by atoms with Gasteiger partial charge in [0.2, 0.25) is 10.7 Å². The molecule has 0 aromatic carbocycles. The van der Waals surface area contributed by atoms with Gasteiger partial charge in [-0.2, -0.15) is 9.36 Å². The molecule has 7 nitrogen and oxygen atoms in total. The molecule has 0 fully saturated rings. The molecule has 0 amide bonds. The maximum Gasteiger partial charge on any atom is 0.283 e. The van der Waals surface area contributed by atoms with E-state index < -0.39 is 5.56 Å². The summed E-state index contributed by atoms with van der Waals surface area (Å²) < 4.78 is 10.9. The molecule has 0 saturated carbocycles. The molecule has 118 valence electrons. The smallest absolute Gasteiger partial charge is 0.283 e. The minimum Gasteiger partial charge on any atom is -0.493 e. The number of allylic oxidation sites excluding steroid dienone is 4. The molecule has 2 heterocycles. The molecule has 0 spiro atoms. The second kappa shape index (κ2) is 6.01. The molecule has 0 radical (unpaired) electrons. The summed E-state index contributed by atoms with van der Waals surface area (Å²) in [5.41, 5.74) is 6.57. The highest BCUT2D eigenvalue weighted by Crippen LogP contribution is 2.24. The van der Waals surface area contributed by atoms with E-state index in [1.165, 1.54) is 24.9 Å². The van der Waals surface area contributed by atoms with Gasteiger partial charge in [0.15, 0.2) is 10.9 Å². The first-order chi connectivity index (χ1) is 11.0. The van der Waals surface area contributed by atoms with Crippen molar-refractivity contribution in [3.63, 3.8) is 0 Å². The summed E-state index contributed by atoms with van der Waals surface area (Å²) in [5, 5.41) is 0.664. The Balaban J connectivity index is 2.19. The molecule has 3 rings (SSSR count). The van der Waals surface area contributed by atoms with E-state index in [1.54, 1.807) is 22.6 Å². The summed E-state index contributed by atoms with van der Waals surface area (Å²) in [6.45, 7) is 0. The molecule has 1 aliphatic carbocycles. The summed E-state index contributed by atoms with van der Waals surface area (Å²) in [5.74, 6) is 0.242. The zero-order valence-electron chi connectivity index (χ0n) is 12.3. The van der Waals surface area contributed by atoms with Crippen molar-refractivity contribution in [3.05, 3.63) is 45.5 Å². The monoisotopic (exact) mass is 348 g/mol. The number of hydrogen-bond donors (Lipinski definition) is 1. The maximum atomic E-state index is 12.2. The number of thioether (sulfide) groups is 1. The fraction of sp³-hybridized carbons (Fsp3) is 0.143. The number of carbonyl (C=O) groups excluding carboxylic acids is 1. The standard InChI is InChI=1S/C14H12N4O3S2/c1-21-10-6-7(3-4-9(10)19)5-8-11(15)18-13(16-12(8)20)23-17-14(18)22-2/h3-6H,15H2,1-2H3/b7-5+. The van der Waals surface area contributed by atoms with Gasteiger partial charge in [-0.05, 0) is 30.1 Å². The number of rotatable bonds is 3. The van der Waals surface area contributed by atoms with Crippen LogP contribution < -0.4 is 11.3 Å². The molecule has 9 heteroatoms. The topological polar surface area (TPSA) is 99.6 Å². The number of ether oxygens (including phenoxy) is 1. The highest BCUT2D eigenvalue weighted by molar-refractivity contribution is 7.98. The number of nitrogens with zero attached hydrogens (tertiary/aromatic N) is 3. The van der Waals surface area contributed by atoms with Gasteiger partial charge in [-0.3, -0.25) is 9.59 Å². The van der Waals surface area contributed by atoms with Crippen LogP contribution in [-0.4, -0.2) is 32.9 Å². The molecule has 1 aliphatic rings. The molecule has 2 aromatic rings. The lowest BCUT2D eigenvalue weighted by Gasteiger charge is -2.09. The summed E-state index contributed by atoms with van der Waals surface area (Å²) >= 11 is 2.53. The van der Waals surface area contributed by atoms with Gasteiger partial charge < -0.3 is 10.5 Å². The Kier molecular flexibility index (Phi) is 4.05. The normalized spacial score (nSPS) is 16.2. The molecule has 0 saturated heterocycles. The van der Waals surface area contributed by atoms with Crippen molar-refractivity contribution in [2.24, 2.45) is 0 Å². The van der Waals surface area contributed by atoms with Crippen LogP contribution >= 0.6 is 23.3 Å². The first-order valence-electron chi connectivity index (χ1n) is 6.47. The third-order valence-electron chi connectivity index (χ3n) is 3.21. The van der Waals surface area contributed by atoms with E-state index in [9.17, 15) is 9.59 Å². The van der Waals surface area contributed by atoms with Crippen molar-refractivity contribution in [2.75, 3.05) is 19.1 Å². The van der Waals surface area contributed by atoms with Gasteiger partial charge in [0.05, 0.1) is 12.7 Å². The van der Waals surface area contributed by atoms with E-state index >= 15 is 0 Å². The Hall–Kier alpha value is -2.39. The van der Waals surface area contributed by atoms with Crippen LogP contribution in [0.4, 0.5) is 5.82 Å². The highest BCUT2D eigenvalue weighted by atomic mass is 32.2. The number of carbonyl (C=O) groups is 1. The number of nitrogen functional groups attached to an aromatic ring is 1. The summed E-state index contributed by atoms with van der Waals surface area (Å²) in [7, 11) is 1.42. The lowest BCUT2D eigenvalue weighted by Crippen LogP contribution is -2.16. The number of anilines is 1. The Morgan fingerprint density at radius 2 is 2.17 bits per heavy atom. The fourth-order valence-electron chi connectivity index (χ4n) is 2.10. The lowest BCUT2D eigenvalue weighted by atomic mass is 10.0. The number of nitrogens with two attached hydrogens (primary N) is 1. The van der Waals surface area contributed by atoms with E-state index in [0.29, 0.717) is 15.7 Å². The number of methoxy groups -OCH3 is 1. The number of aromatic nitrogens is 3. The van der Waals surface area contributed by atoms with Crippen molar-refractivity contribution < 1.29 is 9.53 Å². The van der Waals surface area contributed by atoms with Crippen LogP contribution in [0.3, 0.4) is 0 Å². The van der Waals surface area contributed by atoms with Gasteiger partial charge >= 0.3 is 0 Å². The van der Waals surface area contributed by atoms with Gasteiger partial charge in [-0.25, -0.2) is 4.40 Å². The largest absolute Gasteiger partial charge is 0.493 e. The van der Waals surface area contributed by atoms with Crippen molar-refractivity contribution in [2.45, 2.75) is 5.16 Å². The second-order valence-electron chi connectivity index (χ2n) is 4.56. The van der Waals surface area contributed by atoms with Gasteiger partial charge in [0.25, 0.3) is 5.56 Å². The molecule has 0 aliphatic heterocycles. The zero-order valence-corrected chi connectivity index (χ0v) is 13.9. The van der Waals surface area contributed by atoms with E-state index in [4.69, 9.17) is 10.5 Å². The quantitative estimate of drug-likeness (QED) is 0.839. The third-order valence-corrected chi connectivity index (χ3v) is 4.67. The molecule has 0 atom stereocenters. The van der Waals surface area contributed by atoms with Crippen LogP contribution in [0.2, 0.25) is 0 Å². The first kappa shape index (κ1) is 15.5. The minimum atomic E-state index is -0.441. The predicted molar refractivity (Wildman–Crippen MR) is 90.5 cm³/mol. The zero-order chi connectivity index (χ0) is 16.6. The summed E-state index contributed by atoms with van der Waals surface area (Å²) in [6, 6.07) is 0. The molecule has 0 bridgehead atoms. The summed E-state index contributed by atoms with van der Waals surface area (Å²) in [4.78, 5) is 28.2. The van der Waals surface area contributed by atoms with Crippen molar-refractivity contribution in [1.82, 2.24) is 13.8 Å². The lowest BCUT2D eigenvalue weighted by molar-refractivity contribution is -0.114. The van der Waals surface area contributed by atoms with Crippen LogP contribution in [0, 0.1) is 0 Å². The molecule has 23 heavy (non-hydrogen) atoms. The van der Waals surface area contributed by atoms with Crippen LogP contribution in [0.25, 0.3) is 11.0 Å². The molecular formula is C14H12N4O3S2. The fourth-order valence-corrected chi connectivity index (χ4v) is 3.57. The molecule has 0 unspecified atom stereocenters. The van der Waals surface area contributed by atoms with Crippen molar-refractivity contribution >= 4 is 45.9 Å². The van der Waals surface area contributed by atoms with Crippen LogP contribution in [0.15, 0.2) is 39.5 Å². The van der Waals surface area contributed by atoms with E-state index in [1.807, 2.05) is 6.26 Å². The Bertz CT molecular complexity index is 953. The van der Waals surface area contributed by atoms with Gasteiger partial charge in [0, 0.05) is 11.5 Å². The van der Waals surface area contributed by atoms with E-state index in [-0.39, 0.29) is 22.9 Å². The van der Waals surface area contributed by atoms with Gasteiger partial charge in [-0.15, -0.1) is 0 Å². The molecular weight excluding hydrogens is 336 g/mol. The maximum absolute atomic E-state index is 12.2. The van der Waals surface area contributed by atoms with E-state index in [2.05, 4.69) is 9.36 Å². The second-order valence-corrected chi connectivity index (χ2v) is 6.06. The summed E-state index contributed by atoms with van der Waals surface area (Å²) in [6.07, 6.45) is 7.98. The Morgan fingerprint density at radius 3 is 2.87 bits per heavy atom. The predicted octanol–water partition coefficient (Wildman–Crippen LogP) is 1.51. The van der Waals surface area contributed by atoms with Crippen LogP contribution in [0.1, 0.15) is 5.56 Å². The van der Waals surface area contributed by atoms with E-state index in [0.717, 1.165) is 11.5 Å². The Morgan fingerprint density at radius 1 is 1.39 bits per heavy atom. The number of hydrogen-bond acceptors (Lipinski definition) is 8. The average molecular weight is 348 g/mol. The number of fused-ring (bicyclic) bond motifs is 1. The van der Waals surface area contributed by atoms with Gasteiger partial charge in [-0.1, -0.05) is 17.8 Å². The first-order valence-corrected chi connectivity index (χ1v) is 8.46.